The maximum atomic E-state index is 11.2. The van der Waals surface area contributed by atoms with Crippen molar-refractivity contribution in [3.05, 3.63) is 30.7 Å². The second kappa shape index (κ2) is 3.10. The van der Waals surface area contributed by atoms with Crippen LogP contribution < -0.4 is 4.74 Å². The highest BCUT2D eigenvalue weighted by molar-refractivity contribution is 5.72. The highest BCUT2D eigenvalue weighted by Gasteiger charge is 2.06. The number of carbonyl (C=O) groups excluding carboxylic acids is 1. The first-order valence-corrected chi connectivity index (χ1v) is 3.57. The van der Waals surface area contributed by atoms with Gasteiger partial charge in [-0.3, -0.25) is 4.57 Å². The molecule has 0 atom stereocenters. The van der Waals surface area contributed by atoms with Crippen LogP contribution in [0.2, 0.25) is 0 Å². The first-order valence-electron chi connectivity index (χ1n) is 3.57. The van der Waals surface area contributed by atoms with Gasteiger partial charge in [-0.15, -0.1) is 5.10 Å². The average molecular weight is 178 g/mol. The molecule has 2 rings (SSSR count). The molecule has 0 amide bonds. The van der Waals surface area contributed by atoms with Crippen LogP contribution in [0.15, 0.2) is 30.7 Å². The Morgan fingerprint density at radius 3 is 2.85 bits per heavy atom. The van der Waals surface area contributed by atoms with Crippen LogP contribution in [-0.2, 0) is 0 Å². The Morgan fingerprint density at radius 1 is 1.46 bits per heavy atom. The Hall–Kier alpha value is -2.11. The summed E-state index contributed by atoms with van der Waals surface area (Å²) in [7, 11) is 0. The normalized spacial score (nSPS) is 9.85. The minimum absolute atomic E-state index is 0.152. The summed E-state index contributed by atoms with van der Waals surface area (Å²) >= 11 is 0. The van der Waals surface area contributed by atoms with E-state index in [1.807, 2.05) is 0 Å². The Labute approximate surface area is 73.1 Å². The van der Waals surface area contributed by atoms with Gasteiger partial charge in [0.25, 0.3) is 5.88 Å². The molecule has 2 heterocycles. The van der Waals surface area contributed by atoms with Crippen molar-refractivity contribution in [2.75, 3.05) is 0 Å². The molecule has 0 aliphatic rings. The largest absolute Gasteiger partial charge is 0.424 e. The fourth-order valence-corrected chi connectivity index (χ4v) is 0.839. The fraction of sp³-hybridized carbons (Fsp3) is 0. The molecule has 2 aromatic rings. The van der Waals surface area contributed by atoms with E-state index in [9.17, 15) is 4.79 Å². The number of rotatable bonds is 1. The first kappa shape index (κ1) is 7.53. The first-order chi connectivity index (χ1) is 6.36. The van der Waals surface area contributed by atoms with Crippen molar-refractivity contribution in [2.24, 2.45) is 0 Å². The molecule has 0 saturated carbocycles. The molecule has 2 aromatic heterocycles. The van der Waals surface area contributed by atoms with Crippen molar-refractivity contribution in [3.8, 4) is 5.88 Å². The number of nitrogens with zero attached hydrogens (tertiary/aromatic N) is 3. The number of aromatic amines is 1. The van der Waals surface area contributed by atoms with Crippen LogP contribution in [0.4, 0.5) is 4.79 Å². The van der Waals surface area contributed by atoms with Crippen molar-refractivity contribution in [2.45, 2.75) is 0 Å². The van der Waals surface area contributed by atoms with Gasteiger partial charge in [0.2, 0.25) is 0 Å². The number of carbonyl (C=O) groups is 1. The zero-order valence-corrected chi connectivity index (χ0v) is 6.54. The van der Waals surface area contributed by atoms with E-state index in [2.05, 4.69) is 15.4 Å². The third kappa shape index (κ3) is 1.56. The Morgan fingerprint density at radius 2 is 2.23 bits per heavy atom. The molecule has 0 radical (unpaired) electrons. The number of nitrogens with one attached hydrogen (secondary N) is 1. The maximum absolute atomic E-state index is 11.2. The summed E-state index contributed by atoms with van der Waals surface area (Å²) < 4.78 is 6.12. The number of ether oxygens (including phenoxy) is 1. The topological polar surface area (TPSA) is 72.8 Å². The molecular weight excluding hydrogens is 172 g/mol. The molecule has 6 nitrogen and oxygen atoms in total. The van der Waals surface area contributed by atoms with Gasteiger partial charge in [-0.1, -0.05) is 0 Å². The molecule has 0 saturated heterocycles. The van der Waals surface area contributed by atoms with E-state index < -0.39 is 6.09 Å². The minimum atomic E-state index is -0.515. The third-order valence-corrected chi connectivity index (χ3v) is 1.40. The SMILES string of the molecule is O=C(Oc1cn[nH]n1)n1cccc1. The second-order valence-corrected chi connectivity index (χ2v) is 2.27. The van der Waals surface area contributed by atoms with Crippen molar-refractivity contribution < 1.29 is 9.53 Å². The highest BCUT2D eigenvalue weighted by Crippen LogP contribution is 2.02. The van der Waals surface area contributed by atoms with Crippen molar-refractivity contribution >= 4 is 6.09 Å². The monoisotopic (exact) mass is 178 g/mol. The van der Waals surface area contributed by atoms with E-state index in [0.717, 1.165) is 0 Å². The summed E-state index contributed by atoms with van der Waals surface area (Å²) in [6, 6.07) is 3.45. The quantitative estimate of drug-likeness (QED) is 0.695. The Balaban J connectivity index is 2.08. The molecule has 0 aliphatic carbocycles. The number of hydrogen-bond donors (Lipinski definition) is 1. The summed E-state index contributed by atoms with van der Waals surface area (Å²) in [6.45, 7) is 0. The van der Waals surface area contributed by atoms with Gasteiger partial charge < -0.3 is 4.74 Å². The summed E-state index contributed by atoms with van der Waals surface area (Å²) in [6.07, 6.45) is 3.98. The predicted molar refractivity (Wildman–Crippen MR) is 42.2 cm³/mol. The summed E-state index contributed by atoms with van der Waals surface area (Å²) in [4.78, 5) is 11.2. The summed E-state index contributed by atoms with van der Waals surface area (Å²) in [5.41, 5.74) is 0. The van der Waals surface area contributed by atoms with Gasteiger partial charge in [-0.05, 0) is 12.1 Å². The van der Waals surface area contributed by atoms with Gasteiger partial charge in [0, 0.05) is 12.4 Å². The lowest BCUT2D eigenvalue weighted by molar-refractivity contribution is 0.200. The van der Waals surface area contributed by atoms with Crippen molar-refractivity contribution in [1.29, 1.82) is 0 Å². The van der Waals surface area contributed by atoms with Crippen LogP contribution >= 0.6 is 0 Å². The third-order valence-electron chi connectivity index (χ3n) is 1.40. The van der Waals surface area contributed by atoms with Crippen LogP contribution in [-0.4, -0.2) is 26.1 Å². The summed E-state index contributed by atoms with van der Waals surface area (Å²) in [5, 5.41) is 9.40. The van der Waals surface area contributed by atoms with E-state index in [1.165, 1.54) is 10.8 Å². The predicted octanol–water partition coefficient (Wildman–Crippen LogP) is 0.653. The lowest BCUT2D eigenvalue weighted by Crippen LogP contribution is -2.14. The second-order valence-electron chi connectivity index (χ2n) is 2.27. The Kier molecular flexibility index (Phi) is 1.79. The number of hydrogen-bond acceptors (Lipinski definition) is 4. The van der Waals surface area contributed by atoms with Crippen LogP contribution in [0.3, 0.4) is 0 Å². The van der Waals surface area contributed by atoms with Crippen molar-refractivity contribution in [3.63, 3.8) is 0 Å². The van der Waals surface area contributed by atoms with Gasteiger partial charge >= 0.3 is 6.09 Å². The maximum Gasteiger partial charge on any atom is 0.424 e. The molecule has 1 N–H and O–H groups in total. The highest BCUT2D eigenvalue weighted by atomic mass is 16.6. The van der Waals surface area contributed by atoms with E-state index in [-0.39, 0.29) is 5.88 Å². The zero-order chi connectivity index (χ0) is 9.10. The molecule has 0 aromatic carbocycles. The molecule has 0 spiro atoms. The molecule has 0 bridgehead atoms. The molecule has 0 unspecified atom stereocenters. The lowest BCUT2D eigenvalue weighted by Gasteiger charge is -1.98. The van der Waals surface area contributed by atoms with Gasteiger partial charge in [-0.25, -0.2) is 4.79 Å². The van der Waals surface area contributed by atoms with Crippen LogP contribution in [0.5, 0.6) is 5.88 Å². The van der Waals surface area contributed by atoms with Gasteiger partial charge in [-0.2, -0.15) is 10.3 Å². The van der Waals surface area contributed by atoms with Crippen LogP contribution in [0.1, 0.15) is 0 Å². The lowest BCUT2D eigenvalue weighted by atomic mass is 10.7. The fourth-order valence-electron chi connectivity index (χ4n) is 0.839. The summed E-state index contributed by atoms with van der Waals surface area (Å²) in [5.74, 6) is 0.152. The van der Waals surface area contributed by atoms with E-state index >= 15 is 0 Å². The van der Waals surface area contributed by atoms with Crippen LogP contribution in [0, 0.1) is 0 Å². The van der Waals surface area contributed by atoms with Gasteiger partial charge in [0.1, 0.15) is 6.20 Å². The van der Waals surface area contributed by atoms with E-state index in [0.29, 0.717) is 0 Å². The standard InChI is InChI=1S/C7H6N4O2/c12-7(11-3-1-2-4-11)13-6-5-8-10-9-6/h1-5H,(H,8,9,10). The molecule has 6 heteroatoms. The van der Waals surface area contributed by atoms with Crippen molar-refractivity contribution in [1.82, 2.24) is 20.0 Å². The number of H-pyrrole nitrogens is 1. The molecule has 13 heavy (non-hydrogen) atoms. The Bertz CT molecular complexity index is 379. The average Bonchev–Trinajstić information content (AvgIpc) is 2.74. The minimum Gasteiger partial charge on any atom is -0.387 e. The van der Waals surface area contributed by atoms with E-state index in [4.69, 9.17) is 4.74 Å². The van der Waals surface area contributed by atoms with Crippen LogP contribution in [0.25, 0.3) is 0 Å². The molecule has 66 valence electrons. The molecular formula is C7H6N4O2. The zero-order valence-electron chi connectivity index (χ0n) is 6.54. The number of aromatic nitrogens is 4. The van der Waals surface area contributed by atoms with E-state index in [1.54, 1.807) is 24.5 Å². The molecule has 0 aliphatic heterocycles. The van der Waals surface area contributed by atoms with Gasteiger partial charge in [0.05, 0.1) is 0 Å². The molecule has 0 fully saturated rings. The van der Waals surface area contributed by atoms with Gasteiger partial charge in [0.15, 0.2) is 0 Å². The smallest absolute Gasteiger partial charge is 0.387 e.